The largest absolute Gasteiger partial charge is 0.317 e. The van der Waals surface area contributed by atoms with Crippen LogP contribution in [-0.2, 0) is 19.3 Å². The summed E-state index contributed by atoms with van der Waals surface area (Å²) in [7, 11) is 1.92. The zero-order valence-corrected chi connectivity index (χ0v) is 9.97. The highest BCUT2D eigenvalue weighted by molar-refractivity contribution is 5.20. The van der Waals surface area contributed by atoms with Gasteiger partial charge in [0, 0.05) is 18.0 Å². The maximum absolute atomic E-state index is 11.8. The maximum Gasteiger partial charge on any atom is 0.254 e. The number of nitrogens with one attached hydrogen (secondary N) is 2. The first kappa shape index (κ1) is 11.3. The molecule has 1 aromatic heterocycles. The second-order valence-electron chi connectivity index (χ2n) is 4.54. The molecule has 1 aliphatic rings. The quantitative estimate of drug-likeness (QED) is 0.793. The van der Waals surface area contributed by atoms with E-state index >= 15 is 0 Å². The molecule has 0 spiro atoms. The molecule has 88 valence electrons. The van der Waals surface area contributed by atoms with E-state index in [1.54, 1.807) is 0 Å². The first-order chi connectivity index (χ1) is 7.70. The highest BCUT2D eigenvalue weighted by atomic mass is 16.1. The normalized spacial score (nSPS) is 16.9. The van der Waals surface area contributed by atoms with Gasteiger partial charge in [-0.25, -0.2) is 4.98 Å². The van der Waals surface area contributed by atoms with Crippen molar-refractivity contribution < 1.29 is 0 Å². The molecule has 16 heavy (non-hydrogen) atoms. The Kier molecular flexibility index (Phi) is 3.39. The van der Waals surface area contributed by atoms with Crippen molar-refractivity contribution in [3.8, 4) is 0 Å². The number of rotatable bonds is 3. The van der Waals surface area contributed by atoms with Crippen molar-refractivity contribution >= 4 is 0 Å². The lowest BCUT2D eigenvalue weighted by molar-refractivity contribution is 0.578. The Hall–Kier alpha value is -1.16. The zero-order chi connectivity index (χ0) is 11.5. The summed E-state index contributed by atoms with van der Waals surface area (Å²) in [5.74, 6) is 0.813. The second-order valence-corrected chi connectivity index (χ2v) is 4.54. The molecule has 0 aromatic carbocycles. The first-order valence-electron chi connectivity index (χ1n) is 5.99. The summed E-state index contributed by atoms with van der Waals surface area (Å²) in [5, 5.41) is 3.15. The van der Waals surface area contributed by atoms with Gasteiger partial charge in [0.05, 0.1) is 5.69 Å². The summed E-state index contributed by atoms with van der Waals surface area (Å²) in [6, 6.07) is 0.338. The second kappa shape index (κ2) is 4.78. The van der Waals surface area contributed by atoms with Crippen LogP contribution in [0.2, 0.25) is 0 Å². The molecule has 4 nitrogen and oxygen atoms in total. The Labute approximate surface area is 95.5 Å². The van der Waals surface area contributed by atoms with Gasteiger partial charge in [-0.05, 0) is 39.7 Å². The van der Waals surface area contributed by atoms with Crippen molar-refractivity contribution in [2.75, 3.05) is 7.05 Å². The Morgan fingerprint density at radius 1 is 1.44 bits per heavy atom. The van der Waals surface area contributed by atoms with Crippen LogP contribution in [-0.4, -0.2) is 23.1 Å². The maximum atomic E-state index is 11.8. The van der Waals surface area contributed by atoms with Crippen LogP contribution in [0, 0.1) is 0 Å². The third-order valence-electron chi connectivity index (χ3n) is 3.23. The molecule has 1 aromatic rings. The van der Waals surface area contributed by atoms with Crippen molar-refractivity contribution in [1.82, 2.24) is 15.3 Å². The van der Waals surface area contributed by atoms with E-state index in [2.05, 4.69) is 22.2 Å². The third kappa shape index (κ3) is 2.32. The predicted octanol–water partition coefficient (Wildman–Crippen LogP) is 0.799. The van der Waals surface area contributed by atoms with E-state index in [4.69, 9.17) is 0 Å². The molecular formula is C12H19N3O. The molecule has 0 radical (unpaired) electrons. The minimum Gasteiger partial charge on any atom is -0.317 e. The van der Waals surface area contributed by atoms with Gasteiger partial charge < -0.3 is 10.3 Å². The number of hydrogen-bond donors (Lipinski definition) is 2. The van der Waals surface area contributed by atoms with Crippen molar-refractivity contribution in [2.24, 2.45) is 0 Å². The monoisotopic (exact) mass is 221 g/mol. The number of fused-ring (bicyclic) bond motifs is 1. The average molecular weight is 221 g/mol. The van der Waals surface area contributed by atoms with Crippen LogP contribution < -0.4 is 10.9 Å². The van der Waals surface area contributed by atoms with Crippen LogP contribution in [0.5, 0.6) is 0 Å². The molecule has 0 bridgehead atoms. The van der Waals surface area contributed by atoms with Gasteiger partial charge in [0.25, 0.3) is 5.56 Å². The molecule has 4 heteroatoms. The van der Waals surface area contributed by atoms with Gasteiger partial charge in [-0.15, -0.1) is 0 Å². The number of H-pyrrole nitrogens is 1. The van der Waals surface area contributed by atoms with Crippen molar-refractivity contribution in [3.63, 3.8) is 0 Å². The summed E-state index contributed by atoms with van der Waals surface area (Å²) in [5.41, 5.74) is 2.00. The van der Waals surface area contributed by atoms with Gasteiger partial charge in [0.15, 0.2) is 0 Å². The molecule has 2 rings (SSSR count). The third-order valence-corrected chi connectivity index (χ3v) is 3.23. The van der Waals surface area contributed by atoms with Gasteiger partial charge in [-0.1, -0.05) is 0 Å². The minimum absolute atomic E-state index is 0.0722. The lowest BCUT2D eigenvalue weighted by Crippen LogP contribution is -2.28. The van der Waals surface area contributed by atoms with E-state index in [-0.39, 0.29) is 5.56 Å². The van der Waals surface area contributed by atoms with E-state index in [1.165, 1.54) is 0 Å². The van der Waals surface area contributed by atoms with Gasteiger partial charge in [-0.3, -0.25) is 4.79 Å². The Morgan fingerprint density at radius 2 is 2.19 bits per heavy atom. The Morgan fingerprint density at radius 3 is 2.94 bits per heavy atom. The molecule has 0 amide bonds. The van der Waals surface area contributed by atoms with Crippen LogP contribution in [0.4, 0.5) is 0 Å². The standard InChI is InChI=1S/C12H19N3O/c1-8(13-2)7-11-14-10-6-4-3-5-9(10)12(16)15-11/h8,13H,3-7H2,1-2H3,(H,14,15,16). The molecule has 1 unspecified atom stereocenters. The molecule has 0 saturated heterocycles. The van der Waals surface area contributed by atoms with Crippen molar-refractivity contribution in [2.45, 2.75) is 45.1 Å². The molecule has 1 heterocycles. The fraction of sp³-hybridized carbons (Fsp3) is 0.667. The SMILES string of the molecule is CNC(C)Cc1nc2c(c(=O)[nH]1)CCCC2. The van der Waals surface area contributed by atoms with Crippen LogP contribution in [0.15, 0.2) is 4.79 Å². The van der Waals surface area contributed by atoms with Gasteiger partial charge in [-0.2, -0.15) is 0 Å². The Balaban J connectivity index is 2.28. The van der Waals surface area contributed by atoms with E-state index in [0.717, 1.165) is 49.2 Å². The summed E-state index contributed by atoms with van der Waals surface area (Å²) in [6.07, 6.45) is 4.90. The van der Waals surface area contributed by atoms with Gasteiger partial charge in [0.2, 0.25) is 0 Å². The highest BCUT2D eigenvalue weighted by Crippen LogP contribution is 2.15. The number of likely N-dealkylation sites (N-methyl/N-ethyl adjacent to an activating group) is 1. The predicted molar refractivity (Wildman–Crippen MR) is 63.7 cm³/mol. The van der Waals surface area contributed by atoms with Gasteiger partial charge in [0.1, 0.15) is 5.82 Å². The highest BCUT2D eigenvalue weighted by Gasteiger charge is 2.15. The van der Waals surface area contributed by atoms with Crippen LogP contribution in [0.25, 0.3) is 0 Å². The Bertz CT molecular complexity index is 425. The molecule has 0 saturated carbocycles. The van der Waals surface area contributed by atoms with Crippen LogP contribution >= 0.6 is 0 Å². The summed E-state index contributed by atoms with van der Waals surface area (Å²) < 4.78 is 0. The topological polar surface area (TPSA) is 57.8 Å². The summed E-state index contributed by atoms with van der Waals surface area (Å²) in [4.78, 5) is 19.3. The minimum atomic E-state index is 0.0722. The lowest BCUT2D eigenvalue weighted by atomic mass is 9.97. The number of nitrogens with zero attached hydrogens (tertiary/aromatic N) is 1. The molecule has 1 aliphatic carbocycles. The van der Waals surface area contributed by atoms with Crippen molar-refractivity contribution in [3.05, 3.63) is 27.4 Å². The number of hydrogen-bond acceptors (Lipinski definition) is 3. The smallest absolute Gasteiger partial charge is 0.254 e. The molecule has 1 atom stereocenters. The van der Waals surface area contributed by atoms with E-state index in [0.29, 0.717) is 6.04 Å². The van der Waals surface area contributed by atoms with Crippen molar-refractivity contribution in [1.29, 1.82) is 0 Å². The molecular weight excluding hydrogens is 202 g/mol. The molecule has 0 aliphatic heterocycles. The average Bonchev–Trinajstić information content (AvgIpc) is 2.29. The summed E-state index contributed by atoms with van der Waals surface area (Å²) in [6.45, 7) is 2.08. The fourth-order valence-electron chi connectivity index (χ4n) is 2.14. The number of aryl methyl sites for hydroxylation is 1. The van der Waals surface area contributed by atoms with E-state index in [1.807, 2.05) is 7.05 Å². The van der Waals surface area contributed by atoms with Crippen LogP contribution in [0.1, 0.15) is 36.8 Å². The first-order valence-corrected chi connectivity index (χ1v) is 5.99. The van der Waals surface area contributed by atoms with E-state index in [9.17, 15) is 4.79 Å². The zero-order valence-electron chi connectivity index (χ0n) is 9.97. The molecule has 0 fully saturated rings. The molecule has 2 N–H and O–H groups in total. The van der Waals surface area contributed by atoms with E-state index < -0.39 is 0 Å². The summed E-state index contributed by atoms with van der Waals surface area (Å²) >= 11 is 0. The fourth-order valence-corrected chi connectivity index (χ4v) is 2.14. The van der Waals surface area contributed by atoms with Gasteiger partial charge >= 0.3 is 0 Å². The lowest BCUT2D eigenvalue weighted by Gasteiger charge is -2.16. The number of aromatic amines is 1. The van der Waals surface area contributed by atoms with Crippen LogP contribution in [0.3, 0.4) is 0 Å². The number of aromatic nitrogens is 2.